The van der Waals surface area contributed by atoms with E-state index in [-0.39, 0.29) is 11.9 Å². The molecule has 2 N–H and O–H groups in total. The number of piperidine rings is 1. The van der Waals surface area contributed by atoms with Crippen LogP contribution in [0.15, 0.2) is 84.1 Å². The Bertz CT molecular complexity index is 1410. The molecule has 0 aromatic heterocycles. The van der Waals surface area contributed by atoms with E-state index in [0.29, 0.717) is 19.3 Å². The molecule has 9 heteroatoms. The Labute approximate surface area is 257 Å². The molecule has 1 heterocycles. The summed E-state index contributed by atoms with van der Waals surface area (Å²) in [5.41, 5.74) is 3.92. The SMILES string of the molecule is CN(C)C1=CC=CCC(C(=O)NC2CCN(CCCCC3(C(=O)NCC(F)(F)F)c4ccccc4-c4ccccc43)CC2)=C1. The molecule has 1 fully saturated rings. The summed E-state index contributed by atoms with van der Waals surface area (Å²) in [7, 11) is 3.92. The summed E-state index contributed by atoms with van der Waals surface area (Å²) in [6.45, 7) is 1.19. The molecule has 2 aliphatic carbocycles. The quantitative estimate of drug-likeness (QED) is 0.340. The first-order chi connectivity index (χ1) is 21.1. The van der Waals surface area contributed by atoms with E-state index in [4.69, 9.17) is 0 Å². The van der Waals surface area contributed by atoms with Crippen molar-refractivity contribution >= 4 is 11.8 Å². The smallest absolute Gasteiger partial charge is 0.378 e. The van der Waals surface area contributed by atoms with Crippen molar-refractivity contribution in [3.05, 3.63) is 95.2 Å². The monoisotopic (exact) mass is 606 g/mol. The fourth-order valence-corrected chi connectivity index (χ4v) is 6.67. The highest BCUT2D eigenvalue weighted by Crippen LogP contribution is 2.51. The number of nitrogens with one attached hydrogen (secondary N) is 2. The summed E-state index contributed by atoms with van der Waals surface area (Å²) in [5, 5.41) is 5.43. The van der Waals surface area contributed by atoms with E-state index >= 15 is 0 Å². The maximum Gasteiger partial charge on any atom is 0.405 e. The zero-order chi connectivity index (χ0) is 31.3. The summed E-state index contributed by atoms with van der Waals surface area (Å²) >= 11 is 0. The Morgan fingerprint density at radius 3 is 2.23 bits per heavy atom. The first kappa shape index (κ1) is 31.6. The highest BCUT2D eigenvalue weighted by atomic mass is 19.4. The molecule has 6 nitrogen and oxygen atoms in total. The average molecular weight is 607 g/mol. The molecule has 44 heavy (non-hydrogen) atoms. The van der Waals surface area contributed by atoms with E-state index in [1.54, 1.807) is 0 Å². The van der Waals surface area contributed by atoms with E-state index in [1.807, 2.05) is 91.8 Å². The number of benzene rings is 2. The molecule has 3 aliphatic rings. The van der Waals surface area contributed by atoms with Crippen molar-refractivity contribution in [3.63, 3.8) is 0 Å². The molecule has 5 rings (SSSR count). The van der Waals surface area contributed by atoms with Gasteiger partial charge in [0.15, 0.2) is 0 Å². The lowest BCUT2D eigenvalue weighted by Gasteiger charge is -2.33. The lowest BCUT2D eigenvalue weighted by atomic mass is 9.73. The van der Waals surface area contributed by atoms with Crippen LogP contribution in [0.1, 0.15) is 49.7 Å². The molecule has 1 aliphatic heterocycles. The number of hydrogen-bond acceptors (Lipinski definition) is 4. The number of amides is 2. The van der Waals surface area contributed by atoms with Crippen LogP contribution in [0.5, 0.6) is 0 Å². The fraction of sp³-hybridized carbons (Fsp3) is 0.429. The van der Waals surface area contributed by atoms with Crippen LogP contribution in [-0.4, -0.2) is 74.1 Å². The van der Waals surface area contributed by atoms with Gasteiger partial charge in [0, 0.05) is 44.5 Å². The molecule has 1 saturated heterocycles. The minimum absolute atomic E-state index is 0.0195. The van der Waals surface area contributed by atoms with Gasteiger partial charge in [-0.2, -0.15) is 13.2 Å². The number of hydrogen-bond donors (Lipinski definition) is 2. The lowest BCUT2D eigenvalue weighted by Crippen LogP contribution is -2.47. The predicted octanol–water partition coefficient (Wildman–Crippen LogP) is 5.71. The first-order valence-corrected chi connectivity index (χ1v) is 15.4. The number of carbonyl (C=O) groups is 2. The van der Waals surface area contributed by atoms with Gasteiger partial charge in [-0.05, 0) is 73.1 Å². The molecule has 2 aromatic rings. The maximum atomic E-state index is 13.7. The second kappa shape index (κ2) is 13.4. The summed E-state index contributed by atoms with van der Waals surface area (Å²) in [4.78, 5) is 31.0. The second-order valence-corrected chi connectivity index (χ2v) is 12.1. The van der Waals surface area contributed by atoms with Gasteiger partial charge in [0.25, 0.3) is 0 Å². The van der Waals surface area contributed by atoms with Crippen molar-refractivity contribution in [1.29, 1.82) is 0 Å². The van der Waals surface area contributed by atoms with Crippen LogP contribution in [0.4, 0.5) is 13.2 Å². The van der Waals surface area contributed by atoms with Gasteiger partial charge in [-0.15, -0.1) is 0 Å². The van der Waals surface area contributed by atoms with E-state index in [1.165, 1.54) is 0 Å². The molecule has 234 valence electrons. The van der Waals surface area contributed by atoms with Crippen LogP contribution < -0.4 is 10.6 Å². The standard InChI is InChI=1S/C35H41F3N4O2/c1-41(2)27-12-4-3-11-25(23-27)32(43)40-26-17-21-42(22-18-26)20-10-9-19-34(33(44)39-24-35(36,37)38)30-15-7-5-13-28(30)29-14-6-8-16-31(29)34/h3-8,12-16,23,26H,9-11,17-22,24H2,1-2H3,(H,39,44)(H,40,43). The fourth-order valence-electron chi connectivity index (χ4n) is 6.67. The summed E-state index contributed by atoms with van der Waals surface area (Å²) in [6, 6.07) is 15.2. The van der Waals surface area contributed by atoms with Crippen molar-refractivity contribution in [2.45, 2.75) is 56.2 Å². The van der Waals surface area contributed by atoms with Gasteiger partial charge in [-0.25, -0.2) is 0 Å². The molecule has 0 atom stereocenters. The van der Waals surface area contributed by atoms with Gasteiger partial charge in [-0.3, -0.25) is 9.59 Å². The molecule has 0 saturated carbocycles. The zero-order valence-electron chi connectivity index (χ0n) is 25.4. The largest absolute Gasteiger partial charge is 0.405 e. The van der Waals surface area contributed by atoms with Crippen LogP contribution >= 0.6 is 0 Å². The third kappa shape index (κ3) is 6.93. The normalized spacial score (nSPS) is 18.0. The Balaban J connectivity index is 1.18. The van der Waals surface area contributed by atoms with Gasteiger partial charge in [0.05, 0.1) is 0 Å². The zero-order valence-corrected chi connectivity index (χ0v) is 25.4. The minimum Gasteiger partial charge on any atom is -0.378 e. The number of rotatable bonds is 10. The van der Waals surface area contributed by atoms with Crippen LogP contribution in [0.2, 0.25) is 0 Å². The van der Waals surface area contributed by atoms with E-state index in [9.17, 15) is 22.8 Å². The summed E-state index contributed by atoms with van der Waals surface area (Å²) < 4.78 is 39.4. The highest BCUT2D eigenvalue weighted by Gasteiger charge is 2.49. The second-order valence-electron chi connectivity index (χ2n) is 12.1. The van der Waals surface area contributed by atoms with Crippen molar-refractivity contribution in [1.82, 2.24) is 20.4 Å². The molecule has 2 aromatic carbocycles. The van der Waals surface area contributed by atoms with Crippen LogP contribution in [0.25, 0.3) is 11.1 Å². The van der Waals surface area contributed by atoms with E-state index in [0.717, 1.165) is 72.4 Å². The Hall–Kier alpha value is -3.85. The third-order valence-corrected chi connectivity index (χ3v) is 8.97. The molecular formula is C35H41F3N4O2. The Morgan fingerprint density at radius 1 is 0.977 bits per heavy atom. The van der Waals surface area contributed by atoms with Gasteiger partial charge in [-0.1, -0.05) is 67.1 Å². The number of alkyl halides is 3. The average Bonchev–Trinajstić information content (AvgIpc) is 3.12. The number of halogens is 3. The Kier molecular flexibility index (Phi) is 9.63. The van der Waals surface area contributed by atoms with Crippen LogP contribution in [-0.2, 0) is 15.0 Å². The summed E-state index contributed by atoms with van der Waals surface area (Å²) in [6.07, 6.45) is 7.66. The van der Waals surface area contributed by atoms with Crippen LogP contribution in [0, 0.1) is 0 Å². The molecular weight excluding hydrogens is 565 g/mol. The number of nitrogens with zero attached hydrogens (tertiary/aromatic N) is 2. The molecule has 0 spiro atoms. The lowest BCUT2D eigenvalue weighted by molar-refractivity contribution is -0.141. The van der Waals surface area contributed by atoms with Crippen molar-refractivity contribution in [2.75, 3.05) is 40.3 Å². The minimum atomic E-state index is -4.49. The number of likely N-dealkylation sites (N-methyl/N-ethyl adjacent to an activating group) is 1. The topological polar surface area (TPSA) is 64.7 Å². The van der Waals surface area contributed by atoms with Gasteiger partial charge in [0.1, 0.15) is 12.0 Å². The van der Waals surface area contributed by atoms with Gasteiger partial charge >= 0.3 is 6.18 Å². The number of fused-ring (bicyclic) bond motifs is 3. The Morgan fingerprint density at radius 2 is 1.61 bits per heavy atom. The number of unbranched alkanes of at least 4 members (excludes halogenated alkanes) is 1. The van der Waals surface area contributed by atoms with Crippen molar-refractivity contribution in [3.8, 4) is 11.1 Å². The molecule has 2 amide bonds. The third-order valence-electron chi connectivity index (χ3n) is 8.97. The van der Waals surface area contributed by atoms with E-state index in [2.05, 4.69) is 15.5 Å². The summed E-state index contributed by atoms with van der Waals surface area (Å²) in [5.74, 6) is -0.620. The van der Waals surface area contributed by atoms with E-state index < -0.39 is 24.0 Å². The maximum absolute atomic E-state index is 13.7. The predicted molar refractivity (Wildman–Crippen MR) is 167 cm³/mol. The molecule has 0 bridgehead atoms. The van der Waals surface area contributed by atoms with Crippen LogP contribution in [0.3, 0.4) is 0 Å². The highest BCUT2D eigenvalue weighted by molar-refractivity contribution is 6.00. The van der Waals surface area contributed by atoms with Crippen molar-refractivity contribution in [2.24, 2.45) is 0 Å². The molecule has 0 unspecified atom stereocenters. The number of likely N-dealkylation sites (tertiary alicyclic amines) is 1. The number of carbonyl (C=O) groups excluding carboxylic acids is 2. The first-order valence-electron chi connectivity index (χ1n) is 15.4. The number of allylic oxidation sites excluding steroid dienone is 4. The van der Waals surface area contributed by atoms with Gasteiger partial charge in [0.2, 0.25) is 11.8 Å². The van der Waals surface area contributed by atoms with Gasteiger partial charge < -0.3 is 20.4 Å². The van der Waals surface area contributed by atoms with Crippen molar-refractivity contribution < 1.29 is 22.8 Å². The molecule has 0 radical (unpaired) electrons.